The van der Waals surface area contributed by atoms with Crippen molar-refractivity contribution in [2.75, 3.05) is 10.6 Å². The summed E-state index contributed by atoms with van der Waals surface area (Å²) >= 11 is 7.52. The molecule has 0 spiro atoms. The second kappa shape index (κ2) is 8.43. The van der Waals surface area contributed by atoms with E-state index in [9.17, 15) is 9.18 Å². The normalized spacial score (nSPS) is 10.6. The largest absolute Gasteiger partial charge is 0.332 e. The van der Waals surface area contributed by atoms with E-state index in [2.05, 4.69) is 15.6 Å². The molecule has 4 rings (SSSR count). The van der Waals surface area contributed by atoms with Gasteiger partial charge in [-0.3, -0.25) is 4.79 Å². The first-order valence-corrected chi connectivity index (χ1v) is 9.99. The highest BCUT2D eigenvalue weighted by atomic mass is 35.5. The molecular weight excluding hydrogens is 409 g/mol. The van der Waals surface area contributed by atoms with Crippen LogP contribution >= 0.6 is 22.9 Å². The fourth-order valence-electron chi connectivity index (χ4n) is 2.69. The smallest absolute Gasteiger partial charge is 0.257 e. The Labute approximate surface area is 176 Å². The van der Waals surface area contributed by atoms with Crippen molar-refractivity contribution >= 4 is 45.4 Å². The molecule has 0 atom stereocenters. The van der Waals surface area contributed by atoms with Gasteiger partial charge < -0.3 is 10.6 Å². The maximum Gasteiger partial charge on any atom is 0.257 e. The van der Waals surface area contributed by atoms with E-state index in [1.807, 2.05) is 29.6 Å². The van der Waals surface area contributed by atoms with E-state index in [1.54, 1.807) is 36.4 Å². The zero-order valence-electron chi connectivity index (χ0n) is 15.0. The number of hydrogen-bond acceptors (Lipinski definition) is 4. The van der Waals surface area contributed by atoms with Crippen molar-refractivity contribution in [1.29, 1.82) is 0 Å². The van der Waals surface area contributed by atoms with Crippen LogP contribution in [0, 0.1) is 5.82 Å². The predicted octanol–water partition coefficient (Wildman–Crippen LogP) is 6.60. The first kappa shape index (κ1) is 19.1. The molecule has 0 fully saturated rings. The van der Waals surface area contributed by atoms with E-state index < -0.39 is 0 Å². The zero-order chi connectivity index (χ0) is 20.2. The van der Waals surface area contributed by atoms with E-state index in [1.165, 1.54) is 23.5 Å². The van der Waals surface area contributed by atoms with E-state index in [0.717, 1.165) is 16.9 Å². The topological polar surface area (TPSA) is 54.0 Å². The summed E-state index contributed by atoms with van der Waals surface area (Å²) < 4.78 is 13.0. The molecule has 2 N–H and O–H groups in total. The molecule has 0 aliphatic rings. The number of anilines is 3. The van der Waals surface area contributed by atoms with Gasteiger partial charge in [0, 0.05) is 22.3 Å². The second-order valence-corrected chi connectivity index (χ2v) is 7.45. The minimum Gasteiger partial charge on any atom is -0.332 e. The third-order valence-corrected chi connectivity index (χ3v) is 5.24. The molecular formula is C22H15ClFN3OS. The number of halogens is 2. The second-order valence-electron chi connectivity index (χ2n) is 6.18. The highest BCUT2D eigenvalue weighted by molar-refractivity contribution is 7.14. The third-order valence-electron chi connectivity index (χ3n) is 4.16. The van der Waals surface area contributed by atoms with Crippen LogP contribution in [0.25, 0.3) is 11.3 Å². The molecule has 0 saturated carbocycles. The maximum atomic E-state index is 13.0. The SMILES string of the molecule is O=C(Nc1ccc(-c2csc(Nc3ccc(F)cc3)n2)cc1)c1ccccc1Cl. The van der Waals surface area contributed by atoms with E-state index >= 15 is 0 Å². The molecule has 1 heterocycles. The van der Waals surface area contributed by atoms with E-state index in [0.29, 0.717) is 21.4 Å². The van der Waals surface area contributed by atoms with Gasteiger partial charge in [-0.1, -0.05) is 35.9 Å². The Kier molecular flexibility index (Phi) is 5.55. The fourth-order valence-corrected chi connectivity index (χ4v) is 3.65. The maximum absolute atomic E-state index is 13.0. The van der Waals surface area contributed by atoms with Crippen LogP contribution in [0.3, 0.4) is 0 Å². The van der Waals surface area contributed by atoms with Crippen LogP contribution in [0.15, 0.2) is 78.2 Å². The molecule has 29 heavy (non-hydrogen) atoms. The Morgan fingerprint density at radius 3 is 2.34 bits per heavy atom. The van der Waals surface area contributed by atoms with Crippen LogP contribution in [-0.2, 0) is 0 Å². The van der Waals surface area contributed by atoms with Crippen LogP contribution in [0.4, 0.5) is 20.9 Å². The van der Waals surface area contributed by atoms with Gasteiger partial charge in [0.05, 0.1) is 16.3 Å². The molecule has 0 unspecified atom stereocenters. The quantitative estimate of drug-likeness (QED) is 0.380. The zero-order valence-corrected chi connectivity index (χ0v) is 16.6. The monoisotopic (exact) mass is 423 g/mol. The van der Waals surface area contributed by atoms with Gasteiger partial charge in [0.25, 0.3) is 5.91 Å². The highest BCUT2D eigenvalue weighted by Gasteiger charge is 2.10. The van der Waals surface area contributed by atoms with Crippen LogP contribution < -0.4 is 10.6 Å². The molecule has 0 saturated heterocycles. The van der Waals surface area contributed by atoms with Crippen LogP contribution in [0.2, 0.25) is 5.02 Å². The summed E-state index contributed by atoms with van der Waals surface area (Å²) in [6, 6.07) is 20.4. The minimum atomic E-state index is -0.280. The molecule has 0 bridgehead atoms. The van der Waals surface area contributed by atoms with Gasteiger partial charge in [-0.15, -0.1) is 11.3 Å². The third kappa shape index (κ3) is 4.62. The number of nitrogens with zero attached hydrogens (tertiary/aromatic N) is 1. The molecule has 144 valence electrons. The summed E-state index contributed by atoms with van der Waals surface area (Å²) in [7, 11) is 0. The number of amides is 1. The molecule has 1 aromatic heterocycles. The lowest BCUT2D eigenvalue weighted by Gasteiger charge is -2.07. The number of aromatic nitrogens is 1. The van der Waals surface area contributed by atoms with Gasteiger partial charge in [0.2, 0.25) is 0 Å². The summed E-state index contributed by atoms with van der Waals surface area (Å²) in [6.45, 7) is 0. The minimum absolute atomic E-state index is 0.261. The van der Waals surface area contributed by atoms with Crippen molar-refractivity contribution < 1.29 is 9.18 Å². The average Bonchev–Trinajstić information content (AvgIpc) is 3.19. The van der Waals surface area contributed by atoms with Gasteiger partial charge >= 0.3 is 0 Å². The molecule has 0 aliphatic carbocycles. The number of carbonyl (C=O) groups is 1. The van der Waals surface area contributed by atoms with Crippen molar-refractivity contribution in [2.24, 2.45) is 0 Å². The summed E-state index contributed by atoms with van der Waals surface area (Å²) in [5, 5.41) is 9.04. The number of hydrogen-bond donors (Lipinski definition) is 2. The fraction of sp³-hybridized carbons (Fsp3) is 0. The van der Waals surface area contributed by atoms with Crippen LogP contribution in [0.1, 0.15) is 10.4 Å². The summed E-state index contributed by atoms with van der Waals surface area (Å²) in [4.78, 5) is 16.9. The predicted molar refractivity (Wildman–Crippen MR) is 117 cm³/mol. The first-order chi connectivity index (χ1) is 14.1. The van der Waals surface area contributed by atoms with Gasteiger partial charge in [-0.05, 0) is 48.5 Å². The molecule has 0 aliphatic heterocycles. The highest BCUT2D eigenvalue weighted by Crippen LogP contribution is 2.28. The van der Waals surface area contributed by atoms with Crippen molar-refractivity contribution in [3.63, 3.8) is 0 Å². The molecule has 4 aromatic rings. The lowest BCUT2D eigenvalue weighted by atomic mass is 10.1. The lowest BCUT2D eigenvalue weighted by molar-refractivity contribution is 0.102. The molecule has 1 amide bonds. The Balaban J connectivity index is 1.44. The molecule has 0 radical (unpaired) electrons. The van der Waals surface area contributed by atoms with Crippen molar-refractivity contribution in [1.82, 2.24) is 4.98 Å². The molecule has 3 aromatic carbocycles. The summed E-state index contributed by atoms with van der Waals surface area (Å²) in [6.07, 6.45) is 0. The van der Waals surface area contributed by atoms with Crippen LogP contribution in [-0.4, -0.2) is 10.9 Å². The number of benzene rings is 3. The Morgan fingerprint density at radius 2 is 1.62 bits per heavy atom. The van der Waals surface area contributed by atoms with Crippen molar-refractivity contribution in [3.8, 4) is 11.3 Å². The van der Waals surface area contributed by atoms with Gasteiger partial charge in [-0.25, -0.2) is 9.37 Å². The van der Waals surface area contributed by atoms with Crippen molar-refractivity contribution in [3.05, 3.63) is 94.6 Å². The number of rotatable bonds is 5. The van der Waals surface area contributed by atoms with E-state index in [4.69, 9.17) is 11.6 Å². The van der Waals surface area contributed by atoms with Gasteiger partial charge in [0.15, 0.2) is 5.13 Å². The standard InChI is InChI=1S/C22H15ClFN3OS/c23-19-4-2-1-3-18(19)21(28)25-16-9-5-14(6-10-16)20-13-29-22(27-20)26-17-11-7-15(24)8-12-17/h1-13H,(H,25,28)(H,26,27). The Morgan fingerprint density at radius 1 is 0.931 bits per heavy atom. The molecule has 4 nitrogen and oxygen atoms in total. The number of carbonyl (C=O) groups excluding carboxylic acids is 1. The van der Waals surface area contributed by atoms with Crippen molar-refractivity contribution in [2.45, 2.75) is 0 Å². The van der Waals surface area contributed by atoms with E-state index in [-0.39, 0.29) is 11.7 Å². The summed E-state index contributed by atoms with van der Waals surface area (Å²) in [5.41, 5.74) is 3.59. The van der Waals surface area contributed by atoms with Crippen LogP contribution in [0.5, 0.6) is 0 Å². The van der Waals surface area contributed by atoms with Gasteiger partial charge in [-0.2, -0.15) is 0 Å². The summed E-state index contributed by atoms with van der Waals surface area (Å²) in [5.74, 6) is -0.542. The lowest BCUT2D eigenvalue weighted by Crippen LogP contribution is -2.12. The number of nitrogens with one attached hydrogen (secondary N) is 2. The molecule has 7 heteroatoms. The van der Waals surface area contributed by atoms with Gasteiger partial charge in [0.1, 0.15) is 5.82 Å². The number of thiazole rings is 1. The first-order valence-electron chi connectivity index (χ1n) is 8.73. The average molecular weight is 424 g/mol. The Bertz CT molecular complexity index is 1140. The Hall–Kier alpha value is -3.22.